The molecule has 3 aliphatic rings. The van der Waals surface area contributed by atoms with Gasteiger partial charge in [0.25, 0.3) is 5.91 Å². The van der Waals surface area contributed by atoms with Gasteiger partial charge in [0, 0.05) is 6.54 Å². The van der Waals surface area contributed by atoms with Gasteiger partial charge in [-0.2, -0.15) is 0 Å². The van der Waals surface area contributed by atoms with E-state index in [2.05, 4.69) is 16.0 Å². The van der Waals surface area contributed by atoms with Crippen molar-refractivity contribution in [3.8, 4) is 0 Å². The maximum atomic E-state index is 14.3. The lowest BCUT2D eigenvalue weighted by molar-refractivity contribution is -0.145. The number of nitrogens with two attached hydrogens (primary N) is 1. The predicted octanol–water partition coefficient (Wildman–Crippen LogP) is 2.31. The first-order valence-electron chi connectivity index (χ1n) is 16.1. The molecule has 4 atom stereocenters. The minimum absolute atomic E-state index is 0.176. The minimum atomic E-state index is -3.66. The lowest BCUT2D eigenvalue weighted by Crippen LogP contribution is -2.62. The Morgan fingerprint density at radius 2 is 1.57 bits per heavy atom. The van der Waals surface area contributed by atoms with E-state index in [1.165, 1.54) is 17.0 Å². The third-order valence-electron chi connectivity index (χ3n) is 9.39. The van der Waals surface area contributed by atoms with Crippen molar-refractivity contribution in [3.05, 3.63) is 30.3 Å². The second kappa shape index (κ2) is 13.0. The van der Waals surface area contributed by atoms with Crippen LogP contribution in [-0.2, 0) is 29.0 Å². The first kappa shape index (κ1) is 35.4. The number of likely N-dealkylation sites (tertiary alicyclic amines) is 1. The molecule has 46 heavy (non-hydrogen) atoms. The van der Waals surface area contributed by atoms with Gasteiger partial charge in [-0.1, -0.05) is 72.6 Å². The number of carbonyl (C=O) groups excluding carboxylic acids is 5. The van der Waals surface area contributed by atoms with Gasteiger partial charge in [0.1, 0.15) is 12.1 Å². The Hall–Kier alpha value is -3.48. The van der Waals surface area contributed by atoms with E-state index in [4.69, 9.17) is 5.73 Å². The molecular formula is C33H49N5O7S. The second-order valence-corrected chi connectivity index (χ2v) is 17.4. The van der Waals surface area contributed by atoms with Gasteiger partial charge in [-0.3, -0.25) is 19.2 Å². The zero-order valence-electron chi connectivity index (χ0n) is 27.7. The summed E-state index contributed by atoms with van der Waals surface area (Å²) in [5.74, 6) is -3.29. The molecule has 1 aliphatic heterocycles. The Morgan fingerprint density at radius 1 is 0.957 bits per heavy atom. The molecule has 254 valence electrons. The summed E-state index contributed by atoms with van der Waals surface area (Å²) in [7, 11) is -3.66. The van der Waals surface area contributed by atoms with E-state index >= 15 is 0 Å². The number of rotatable bonds is 12. The highest BCUT2D eigenvalue weighted by Crippen LogP contribution is 2.41. The number of hydrogen-bond donors (Lipinski definition) is 4. The summed E-state index contributed by atoms with van der Waals surface area (Å²) >= 11 is 0. The van der Waals surface area contributed by atoms with Crippen molar-refractivity contribution in [1.29, 1.82) is 0 Å². The van der Waals surface area contributed by atoms with Gasteiger partial charge in [0.05, 0.1) is 22.2 Å². The third-order valence-corrected chi connectivity index (χ3v) is 11.3. The summed E-state index contributed by atoms with van der Waals surface area (Å²) in [6, 6.07) is 4.31. The number of amides is 5. The Morgan fingerprint density at radius 3 is 2.07 bits per heavy atom. The Labute approximate surface area is 271 Å². The molecule has 3 fully saturated rings. The molecular weight excluding hydrogens is 610 g/mol. The number of urea groups is 1. The molecule has 12 nitrogen and oxygen atoms in total. The summed E-state index contributed by atoms with van der Waals surface area (Å²) < 4.78 is 26.1. The Bertz CT molecular complexity index is 1460. The number of ketones is 1. The number of Topliss-reactive ketones (excluding diaryl/α,β-unsaturated/α-hetero) is 1. The van der Waals surface area contributed by atoms with Crippen LogP contribution in [0, 0.1) is 22.7 Å². The third kappa shape index (κ3) is 8.45. The van der Waals surface area contributed by atoms with Crippen molar-refractivity contribution in [1.82, 2.24) is 20.9 Å². The Balaban J connectivity index is 1.53. The molecule has 1 saturated heterocycles. The molecule has 5 amide bonds. The SMILES string of the molecule is CC(C)(C)C1CCN(C(=O)[C@@H](NC(=O)NC2(CS(=O)(=O)c3ccccc3)CC2)C(C)(C)C)C1C(=O)NC(CC1CC1)C(=O)C(N)=O. The topological polar surface area (TPSA) is 185 Å². The number of benzene rings is 1. The first-order chi connectivity index (χ1) is 21.2. The molecule has 1 heterocycles. The van der Waals surface area contributed by atoms with E-state index in [0.717, 1.165) is 12.8 Å². The van der Waals surface area contributed by atoms with Crippen molar-refractivity contribution in [2.24, 2.45) is 28.4 Å². The van der Waals surface area contributed by atoms with Gasteiger partial charge in [-0.15, -0.1) is 0 Å². The zero-order valence-corrected chi connectivity index (χ0v) is 28.5. The number of primary amides is 1. The van der Waals surface area contributed by atoms with Crippen LogP contribution in [0.5, 0.6) is 0 Å². The predicted molar refractivity (Wildman–Crippen MR) is 172 cm³/mol. The molecule has 5 N–H and O–H groups in total. The van der Waals surface area contributed by atoms with Crippen LogP contribution < -0.4 is 21.7 Å². The highest BCUT2D eigenvalue weighted by Gasteiger charge is 2.52. The fourth-order valence-electron chi connectivity index (χ4n) is 6.37. The molecule has 0 radical (unpaired) electrons. The van der Waals surface area contributed by atoms with Gasteiger partial charge < -0.3 is 26.6 Å². The van der Waals surface area contributed by atoms with Crippen LogP contribution in [0.2, 0.25) is 0 Å². The highest BCUT2D eigenvalue weighted by molar-refractivity contribution is 7.91. The molecule has 1 aromatic carbocycles. The van der Waals surface area contributed by atoms with Crippen LogP contribution in [-0.4, -0.2) is 78.8 Å². The summed E-state index contributed by atoms with van der Waals surface area (Å²) in [6.07, 6.45) is 3.59. The molecule has 0 aromatic heterocycles. The van der Waals surface area contributed by atoms with Gasteiger partial charge in [-0.05, 0) is 60.5 Å². The minimum Gasteiger partial charge on any atom is -0.363 e. The molecule has 2 saturated carbocycles. The van der Waals surface area contributed by atoms with Gasteiger partial charge in [0.2, 0.25) is 17.6 Å². The molecule has 3 unspecified atom stereocenters. The summed E-state index contributed by atoms with van der Waals surface area (Å²) in [5, 5.41) is 8.37. The van der Waals surface area contributed by atoms with Crippen molar-refractivity contribution >= 4 is 39.4 Å². The fourth-order valence-corrected chi connectivity index (χ4v) is 8.20. The number of carbonyl (C=O) groups is 5. The number of sulfone groups is 1. The van der Waals surface area contributed by atoms with Crippen molar-refractivity contribution in [3.63, 3.8) is 0 Å². The molecule has 0 bridgehead atoms. The fraction of sp³-hybridized carbons (Fsp3) is 0.667. The molecule has 13 heteroatoms. The van der Waals surface area contributed by atoms with Gasteiger partial charge >= 0.3 is 6.03 Å². The van der Waals surface area contributed by atoms with Crippen LogP contribution in [0.4, 0.5) is 4.79 Å². The lowest BCUT2D eigenvalue weighted by Gasteiger charge is -2.39. The molecule has 2 aliphatic carbocycles. The Kier molecular flexibility index (Phi) is 9.97. The number of hydrogen-bond acceptors (Lipinski definition) is 7. The second-order valence-electron chi connectivity index (χ2n) is 15.5. The first-order valence-corrected chi connectivity index (χ1v) is 17.7. The van der Waals surface area contributed by atoms with E-state index in [1.807, 2.05) is 20.8 Å². The lowest BCUT2D eigenvalue weighted by atomic mass is 9.75. The normalized spacial score (nSPS) is 22.3. The van der Waals surface area contributed by atoms with Crippen molar-refractivity contribution in [2.45, 2.75) is 109 Å². The van der Waals surface area contributed by atoms with E-state index in [1.54, 1.807) is 39.0 Å². The number of nitrogens with one attached hydrogen (secondary N) is 3. The summed E-state index contributed by atoms with van der Waals surface area (Å²) in [5.41, 5.74) is 3.19. The van der Waals surface area contributed by atoms with Crippen LogP contribution >= 0.6 is 0 Å². The smallest absolute Gasteiger partial charge is 0.315 e. The average molecular weight is 660 g/mol. The largest absolute Gasteiger partial charge is 0.363 e. The molecule has 1 aromatic rings. The van der Waals surface area contributed by atoms with Gasteiger partial charge in [-0.25, -0.2) is 13.2 Å². The summed E-state index contributed by atoms with van der Waals surface area (Å²) in [4.78, 5) is 67.7. The zero-order chi connectivity index (χ0) is 34.2. The molecule has 4 rings (SSSR count). The summed E-state index contributed by atoms with van der Waals surface area (Å²) in [6.45, 7) is 11.6. The standard InChI is InChI=1S/C33H49N5O7S/c1-31(2,3)22-14-17-38(24(22)28(41)35-23(18-20-12-13-20)25(39)27(34)40)29(42)26(32(4,5)6)36-30(43)37-33(15-16-33)19-46(44,45)21-10-8-7-9-11-21/h7-11,20,22-24,26H,12-19H2,1-6H3,(H2,34,40)(H,35,41)(H2,36,37,43)/t22?,23?,24?,26-/m1/s1. The van der Waals surface area contributed by atoms with Crippen molar-refractivity contribution in [2.75, 3.05) is 12.3 Å². The van der Waals surface area contributed by atoms with E-state index < -0.39 is 68.5 Å². The highest BCUT2D eigenvalue weighted by atomic mass is 32.2. The quantitative estimate of drug-likeness (QED) is 0.248. The molecule has 0 spiro atoms. The number of nitrogens with zero attached hydrogens (tertiary/aromatic N) is 1. The van der Waals surface area contributed by atoms with E-state index in [-0.39, 0.29) is 34.4 Å². The van der Waals surface area contributed by atoms with Crippen LogP contribution in [0.1, 0.15) is 80.1 Å². The van der Waals surface area contributed by atoms with Crippen LogP contribution in [0.25, 0.3) is 0 Å². The van der Waals surface area contributed by atoms with E-state index in [0.29, 0.717) is 25.7 Å². The average Bonchev–Trinajstić information content (AvgIpc) is 3.87. The monoisotopic (exact) mass is 659 g/mol. The maximum Gasteiger partial charge on any atom is 0.315 e. The van der Waals surface area contributed by atoms with Crippen LogP contribution in [0.3, 0.4) is 0 Å². The van der Waals surface area contributed by atoms with Crippen LogP contribution in [0.15, 0.2) is 35.2 Å². The van der Waals surface area contributed by atoms with Crippen molar-refractivity contribution < 1.29 is 32.4 Å². The maximum absolute atomic E-state index is 14.3. The van der Waals surface area contributed by atoms with E-state index in [9.17, 15) is 32.4 Å². The van der Waals surface area contributed by atoms with Gasteiger partial charge in [0.15, 0.2) is 9.84 Å².